The molecule has 1 fully saturated rings. The fourth-order valence-electron chi connectivity index (χ4n) is 2.41. The van der Waals surface area contributed by atoms with Gasteiger partial charge in [-0.25, -0.2) is 4.79 Å². The van der Waals surface area contributed by atoms with Crippen LogP contribution < -0.4 is 5.73 Å². The molecule has 0 bridgehead atoms. The summed E-state index contributed by atoms with van der Waals surface area (Å²) in [5.41, 5.74) is 5.37. The van der Waals surface area contributed by atoms with Crippen LogP contribution in [0.4, 0.5) is 4.79 Å². The number of ether oxygens (including phenoxy) is 1. The van der Waals surface area contributed by atoms with E-state index in [-0.39, 0.29) is 17.6 Å². The zero-order valence-corrected chi connectivity index (χ0v) is 12.5. The van der Waals surface area contributed by atoms with Gasteiger partial charge in [0.15, 0.2) is 0 Å². The summed E-state index contributed by atoms with van der Waals surface area (Å²) < 4.78 is 5.49. The topological polar surface area (TPSA) is 55.6 Å². The van der Waals surface area contributed by atoms with Crippen molar-refractivity contribution < 1.29 is 9.53 Å². The molecule has 18 heavy (non-hydrogen) atoms. The summed E-state index contributed by atoms with van der Waals surface area (Å²) in [6, 6.07) is 0.234. The fraction of sp³-hybridized carbons (Fsp3) is 0.929. The zero-order valence-electron chi connectivity index (χ0n) is 12.5. The number of nitrogens with zero attached hydrogens (tertiary/aromatic N) is 1. The summed E-state index contributed by atoms with van der Waals surface area (Å²) in [6.45, 7) is 11.5. The number of hydrogen-bond acceptors (Lipinski definition) is 3. The molecular formula is C14H28N2O2. The van der Waals surface area contributed by atoms with Gasteiger partial charge in [0.1, 0.15) is 5.60 Å². The van der Waals surface area contributed by atoms with Gasteiger partial charge in [-0.3, -0.25) is 0 Å². The number of rotatable bonds is 2. The van der Waals surface area contributed by atoms with Crippen LogP contribution in [0, 0.1) is 5.41 Å². The molecule has 4 nitrogen and oxygen atoms in total. The Kier molecular flexibility index (Phi) is 4.65. The van der Waals surface area contributed by atoms with Crippen LogP contribution in [0.15, 0.2) is 0 Å². The smallest absolute Gasteiger partial charge is 0.410 e. The highest BCUT2D eigenvalue weighted by atomic mass is 16.6. The Hall–Kier alpha value is -0.770. The van der Waals surface area contributed by atoms with Crippen LogP contribution in [0.1, 0.15) is 53.9 Å². The first-order valence-electron chi connectivity index (χ1n) is 6.84. The average molecular weight is 256 g/mol. The van der Waals surface area contributed by atoms with Gasteiger partial charge < -0.3 is 15.4 Å². The van der Waals surface area contributed by atoms with Gasteiger partial charge in [-0.15, -0.1) is 0 Å². The second-order valence-electron chi connectivity index (χ2n) is 7.04. The van der Waals surface area contributed by atoms with Crippen molar-refractivity contribution in [1.29, 1.82) is 0 Å². The number of amides is 1. The zero-order chi connectivity index (χ0) is 14.0. The second kappa shape index (κ2) is 5.47. The quantitative estimate of drug-likeness (QED) is 0.826. The summed E-state index contributed by atoms with van der Waals surface area (Å²) in [4.78, 5) is 14.1. The first-order valence-corrected chi connectivity index (χ1v) is 6.84. The van der Waals surface area contributed by atoms with Gasteiger partial charge in [0, 0.05) is 12.6 Å². The molecule has 0 aliphatic carbocycles. The first-order chi connectivity index (χ1) is 8.14. The maximum atomic E-state index is 12.2. The molecule has 106 valence electrons. The molecule has 1 heterocycles. The Bertz CT molecular complexity index is 295. The predicted octanol–water partition coefficient (Wildman–Crippen LogP) is 2.76. The normalized spacial score (nSPS) is 23.9. The Morgan fingerprint density at radius 2 is 2.06 bits per heavy atom. The Morgan fingerprint density at radius 3 is 2.56 bits per heavy atom. The summed E-state index contributed by atoms with van der Waals surface area (Å²) in [6.07, 6.45) is 2.81. The van der Waals surface area contributed by atoms with E-state index in [0.717, 1.165) is 25.8 Å². The average Bonchev–Trinajstić information content (AvgIpc) is 2.18. The van der Waals surface area contributed by atoms with E-state index in [0.29, 0.717) is 6.54 Å². The molecule has 0 aromatic rings. The molecule has 1 amide bonds. The van der Waals surface area contributed by atoms with Gasteiger partial charge in [-0.1, -0.05) is 13.8 Å². The molecule has 4 heteroatoms. The third-order valence-corrected chi connectivity index (χ3v) is 3.32. The van der Waals surface area contributed by atoms with Crippen LogP contribution in [0.3, 0.4) is 0 Å². The number of carbonyl (C=O) groups excluding carboxylic acids is 1. The fourth-order valence-corrected chi connectivity index (χ4v) is 2.41. The lowest BCUT2D eigenvalue weighted by Gasteiger charge is -2.43. The lowest BCUT2D eigenvalue weighted by molar-refractivity contribution is -0.00827. The van der Waals surface area contributed by atoms with Crippen molar-refractivity contribution in [3.63, 3.8) is 0 Å². The second-order valence-corrected chi connectivity index (χ2v) is 7.04. The molecule has 1 aliphatic heterocycles. The summed E-state index contributed by atoms with van der Waals surface area (Å²) in [7, 11) is 0. The van der Waals surface area contributed by atoms with Crippen molar-refractivity contribution in [2.75, 3.05) is 13.1 Å². The molecule has 1 atom stereocenters. The van der Waals surface area contributed by atoms with Crippen LogP contribution >= 0.6 is 0 Å². The van der Waals surface area contributed by atoms with E-state index in [2.05, 4.69) is 13.8 Å². The van der Waals surface area contributed by atoms with Crippen LogP contribution in [0.5, 0.6) is 0 Å². The van der Waals surface area contributed by atoms with Gasteiger partial charge >= 0.3 is 6.09 Å². The highest BCUT2D eigenvalue weighted by Gasteiger charge is 2.37. The third-order valence-electron chi connectivity index (χ3n) is 3.32. The molecule has 0 aromatic heterocycles. The van der Waals surface area contributed by atoms with Gasteiger partial charge in [-0.05, 0) is 52.0 Å². The van der Waals surface area contributed by atoms with Gasteiger partial charge in [-0.2, -0.15) is 0 Å². The van der Waals surface area contributed by atoms with E-state index in [4.69, 9.17) is 10.5 Å². The molecule has 2 N–H and O–H groups in total. The molecule has 0 aromatic carbocycles. The van der Waals surface area contributed by atoms with Crippen LogP contribution in [0.25, 0.3) is 0 Å². The largest absolute Gasteiger partial charge is 0.444 e. The number of hydrogen-bond donors (Lipinski definition) is 1. The standard InChI is InChI=1S/C14H28N2O2/c1-13(2,3)18-12(17)16-10-14(4,5)8-6-11(16)7-9-15/h11H,6-10,15H2,1-5H3. The number of carbonyl (C=O) groups is 1. The monoisotopic (exact) mass is 256 g/mol. The molecule has 1 aliphatic rings. The first kappa shape index (κ1) is 15.3. The SMILES string of the molecule is CC1(C)CCC(CCN)N(C(=O)OC(C)(C)C)C1. The van der Waals surface area contributed by atoms with E-state index >= 15 is 0 Å². The summed E-state index contributed by atoms with van der Waals surface area (Å²) in [5, 5.41) is 0. The molecule has 0 saturated carbocycles. The van der Waals surface area contributed by atoms with Crippen molar-refractivity contribution in [3.05, 3.63) is 0 Å². The Morgan fingerprint density at radius 1 is 1.44 bits per heavy atom. The van der Waals surface area contributed by atoms with Crippen LogP contribution in [-0.2, 0) is 4.74 Å². The van der Waals surface area contributed by atoms with E-state index in [9.17, 15) is 4.79 Å². The minimum atomic E-state index is -0.439. The maximum absolute atomic E-state index is 12.2. The van der Waals surface area contributed by atoms with Gasteiger partial charge in [0.25, 0.3) is 0 Å². The van der Waals surface area contributed by atoms with Gasteiger partial charge in [0.05, 0.1) is 0 Å². The predicted molar refractivity (Wildman–Crippen MR) is 73.4 cm³/mol. The highest BCUT2D eigenvalue weighted by molar-refractivity contribution is 5.68. The van der Waals surface area contributed by atoms with E-state index in [1.54, 1.807) is 0 Å². The van der Waals surface area contributed by atoms with Crippen molar-refractivity contribution in [1.82, 2.24) is 4.90 Å². The third kappa shape index (κ3) is 4.48. The van der Waals surface area contributed by atoms with Crippen molar-refractivity contribution >= 4 is 6.09 Å². The van der Waals surface area contributed by atoms with Gasteiger partial charge in [0.2, 0.25) is 0 Å². The maximum Gasteiger partial charge on any atom is 0.410 e. The van der Waals surface area contributed by atoms with E-state index in [1.807, 2.05) is 25.7 Å². The van der Waals surface area contributed by atoms with Crippen molar-refractivity contribution in [3.8, 4) is 0 Å². The molecule has 1 saturated heterocycles. The lowest BCUT2D eigenvalue weighted by Crippen LogP contribution is -2.51. The van der Waals surface area contributed by atoms with E-state index in [1.165, 1.54) is 0 Å². The molecule has 1 rings (SSSR count). The minimum absolute atomic E-state index is 0.169. The number of nitrogens with two attached hydrogens (primary N) is 1. The Labute approximate surface area is 111 Å². The molecule has 0 spiro atoms. The molecule has 0 radical (unpaired) electrons. The molecular weight excluding hydrogens is 228 g/mol. The lowest BCUT2D eigenvalue weighted by atomic mass is 9.81. The minimum Gasteiger partial charge on any atom is -0.444 e. The van der Waals surface area contributed by atoms with E-state index < -0.39 is 5.60 Å². The van der Waals surface area contributed by atoms with Crippen molar-refractivity contribution in [2.24, 2.45) is 11.1 Å². The summed E-state index contributed by atoms with van der Waals surface area (Å²) in [5.74, 6) is 0. The Balaban J connectivity index is 2.75. The molecule has 1 unspecified atom stereocenters. The highest BCUT2D eigenvalue weighted by Crippen LogP contribution is 2.33. The van der Waals surface area contributed by atoms with Crippen molar-refractivity contribution in [2.45, 2.75) is 65.5 Å². The van der Waals surface area contributed by atoms with Crippen LogP contribution in [-0.4, -0.2) is 35.7 Å². The number of likely N-dealkylation sites (tertiary alicyclic amines) is 1. The number of piperidine rings is 1. The van der Waals surface area contributed by atoms with Crippen LogP contribution in [0.2, 0.25) is 0 Å². The summed E-state index contributed by atoms with van der Waals surface area (Å²) >= 11 is 0.